The average molecular weight is 269 g/mol. The van der Waals surface area contributed by atoms with Crippen molar-refractivity contribution < 1.29 is 0 Å². The Kier molecular flexibility index (Phi) is 4.35. The van der Waals surface area contributed by atoms with Gasteiger partial charge in [0.1, 0.15) is 0 Å². The summed E-state index contributed by atoms with van der Waals surface area (Å²) in [5, 5.41) is 5.79. The number of thioether (sulfide) groups is 1. The van der Waals surface area contributed by atoms with Crippen LogP contribution in [0.1, 0.15) is 25.3 Å². The zero-order chi connectivity index (χ0) is 12.3. The van der Waals surface area contributed by atoms with E-state index in [0.29, 0.717) is 5.25 Å². The SMILES string of the molecule is CCCC1CN=C(Nc2cc(Cl)ccc2C)S1. The molecule has 0 spiro atoms. The first-order valence-corrected chi connectivity index (χ1v) is 7.19. The van der Waals surface area contributed by atoms with Gasteiger partial charge in [-0.15, -0.1) is 0 Å². The summed E-state index contributed by atoms with van der Waals surface area (Å²) in [5.74, 6) is 0. The van der Waals surface area contributed by atoms with Gasteiger partial charge in [0.15, 0.2) is 5.17 Å². The molecule has 0 aliphatic carbocycles. The van der Waals surface area contributed by atoms with E-state index in [1.807, 2.05) is 30.0 Å². The van der Waals surface area contributed by atoms with Crippen molar-refractivity contribution in [2.45, 2.75) is 31.9 Å². The smallest absolute Gasteiger partial charge is 0.161 e. The highest BCUT2D eigenvalue weighted by molar-refractivity contribution is 8.15. The van der Waals surface area contributed by atoms with Crippen LogP contribution in [0.5, 0.6) is 0 Å². The van der Waals surface area contributed by atoms with Gasteiger partial charge in [0.05, 0.1) is 6.54 Å². The topological polar surface area (TPSA) is 24.4 Å². The van der Waals surface area contributed by atoms with Crippen molar-refractivity contribution in [1.29, 1.82) is 0 Å². The summed E-state index contributed by atoms with van der Waals surface area (Å²) >= 11 is 7.83. The third-order valence-electron chi connectivity index (χ3n) is 2.77. The molecule has 0 bridgehead atoms. The molecule has 1 N–H and O–H groups in total. The lowest BCUT2D eigenvalue weighted by molar-refractivity contribution is 0.754. The number of benzene rings is 1. The maximum absolute atomic E-state index is 5.99. The normalized spacial score (nSPS) is 19.2. The Morgan fingerprint density at radius 2 is 2.35 bits per heavy atom. The fraction of sp³-hybridized carbons (Fsp3) is 0.462. The van der Waals surface area contributed by atoms with Crippen LogP contribution >= 0.6 is 23.4 Å². The van der Waals surface area contributed by atoms with Gasteiger partial charge in [-0.3, -0.25) is 4.99 Å². The molecule has 2 rings (SSSR count). The maximum Gasteiger partial charge on any atom is 0.161 e. The predicted octanol–water partition coefficient (Wildman–Crippen LogP) is 4.33. The molecule has 1 heterocycles. The highest BCUT2D eigenvalue weighted by atomic mass is 35.5. The summed E-state index contributed by atoms with van der Waals surface area (Å²) in [6.45, 7) is 5.22. The third-order valence-corrected chi connectivity index (χ3v) is 4.18. The first kappa shape index (κ1) is 12.8. The zero-order valence-corrected chi connectivity index (χ0v) is 11.7. The van der Waals surface area contributed by atoms with E-state index in [1.54, 1.807) is 0 Å². The number of rotatable bonds is 3. The van der Waals surface area contributed by atoms with Crippen molar-refractivity contribution >= 4 is 34.2 Å². The largest absolute Gasteiger partial charge is 0.335 e. The summed E-state index contributed by atoms with van der Waals surface area (Å²) in [4.78, 5) is 4.53. The number of halogens is 1. The molecule has 92 valence electrons. The molecule has 17 heavy (non-hydrogen) atoms. The van der Waals surface area contributed by atoms with E-state index < -0.39 is 0 Å². The van der Waals surface area contributed by atoms with Gasteiger partial charge >= 0.3 is 0 Å². The summed E-state index contributed by atoms with van der Waals surface area (Å²) in [5.41, 5.74) is 2.25. The number of nitrogens with one attached hydrogen (secondary N) is 1. The van der Waals surface area contributed by atoms with Crippen LogP contribution in [-0.2, 0) is 0 Å². The molecule has 1 unspecified atom stereocenters. The quantitative estimate of drug-likeness (QED) is 0.882. The average Bonchev–Trinajstić information content (AvgIpc) is 2.72. The lowest BCUT2D eigenvalue weighted by atomic mass is 10.2. The molecule has 1 aromatic rings. The monoisotopic (exact) mass is 268 g/mol. The molecule has 1 aromatic carbocycles. The van der Waals surface area contributed by atoms with E-state index >= 15 is 0 Å². The first-order chi connectivity index (χ1) is 8.19. The van der Waals surface area contributed by atoms with Crippen LogP contribution in [0, 0.1) is 6.92 Å². The van der Waals surface area contributed by atoms with Crippen LogP contribution < -0.4 is 5.32 Å². The molecule has 0 radical (unpaired) electrons. The molecular formula is C13H17ClN2S. The van der Waals surface area contributed by atoms with Crippen molar-refractivity contribution in [2.24, 2.45) is 4.99 Å². The van der Waals surface area contributed by atoms with Gasteiger partial charge in [-0.05, 0) is 31.0 Å². The van der Waals surface area contributed by atoms with Gasteiger partial charge in [-0.2, -0.15) is 0 Å². The molecule has 4 heteroatoms. The number of aryl methyl sites for hydroxylation is 1. The van der Waals surface area contributed by atoms with Crippen molar-refractivity contribution in [3.05, 3.63) is 28.8 Å². The minimum atomic E-state index is 0.641. The van der Waals surface area contributed by atoms with Gasteiger partial charge in [-0.25, -0.2) is 0 Å². The molecule has 1 atom stereocenters. The summed E-state index contributed by atoms with van der Waals surface area (Å²) in [7, 11) is 0. The highest BCUT2D eigenvalue weighted by Gasteiger charge is 2.18. The molecule has 2 nitrogen and oxygen atoms in total. The number of aliphatic imine (C=N–C) groups is 1. The maximum atomic E-state index is 5.99. The van der Waals surface area contributed by atoms with Crippen molar-refractivity contribution in [1.82, 2.24) is 0 Å². The van der Waals surface area contributed by atoms with E-state index in [1.165, 1.54) is 18.4 Å². The third kappa shape index (κ3) is 3.39. The van der Waals surface area contributed by atoms with Gasteiger partial charge in [0.25, 0.3) is 0 Å². The Labute approximate surface area is 112 Å². The minimum Gasteiger partial charge on any atom is -0.335 e. The van der Waals surface area contributed by atoms with Crippen LogP contribution in [0.4, 0.5) is 5.69 Å². The van der Waals surface area contributed by atoms with E-state index in [0.717, 1.165) is 22.4 Å². The standard InChI is InChI=1S/C13H17ClN2S/c1-3-4-11-8-15-13(17-11)16-12-7-10(14)6-5-9(12)2/h5-7,11H,3-4,8H2,1-2H3,(H,15,16). The second-order valence-electron chi connectivity index (χ2n) is 4.26. The Balaban J connectivity index is 2.00. The molecular weight excluding hydrogens is 252 g/mol. The summed E-state index contributed by atoms with van der Waals surface area (Å²) < 4.78 is 0. The lowest BCUT2D eigenvalue weighted by Gasteiger charge is -2.10. The second kappa shape index (κ2) is 5.78. The summed E-state index contributed by atoms with van der Waals surface area (Å²) in [6, 6.07) is 5.88. The number of hydrogen-bond acceptors (Lipinski definition) is 3. The fourth-order valence-corrected chi connectivity index (χ4v) is 3.11. The highest BCUT2D eigenvalue weighted by Crippen LogP contribution is 2.27. The Morgan fingerprint density at radius 3 is 3.12 bits per heavy atom. The fourth-order valence-electron chi connectivity index (χ4n) is 1.80. The molecule has 0 aromatic heterocycles. The Bertz CT molecular complexity index is 431. The van der Waals surface area contributed by atoms with Crippen LogP contribution in [-0.4, -0.2) is 17.0 Å². The number of amidine groups is 1. The minimum absolute atomic E-state index is 0.641. The van der Waals surface area contributed by atoms with Crippen molar-refractivity contribution in [3.8, 4) is 0 Å². The number of hydrogen-bond donors (Lipinski definition) is 1. The molecule has 1 aliphatic heterocycles. The van der Waals surface area contributed by atoms with Gasteiger partial charge < -0.3 is 5.32 Å². The molecule has 1 aliphatic rings. The molecule has 0 fully saturated rings. The van der Waals surface area contributed by atoms with Crippen LogP contribution in [0.25, 0.3) is 0 Å². The van der Waals surface area contributed by atoms with E-state index in [2.05, 4.69) is 24.2 Å². The summed E-state index contributed by atoms with van der Waals surface area (Å²) in [6.07, 6.45) is 2.45. The van der Waals surface area contributed by atoms with Crippen LogP contribution in [0.3, 0.4) is 0 Å². The van der Waals surface area contributed by atoms with E-state index in [4.69, 9.17) is 11.6 Å². The van der Waals surface area contributed by atoms with Crippen molar-refractivity contribution in [3.63, 3.8) is 0 Å². The number of anilines is 1. The first-order valence-electron chi connectivity index (χ1n) is 5.93. The molecule has 0 saturated heterocycles. The van der Waals surface area contributed by atoms with E-state index in [9.17, 15) is 0 Å². The lowest BCUT2D eigenvalue weighted by Crippen LogP contribution is -2.08. The van der Waals surface area contributed by atoms with Gasteiger partial charge in [0, 0.05) is 16.0 Å². The van der Waals surface area contributed by atoms with Crippen LogP contribution in [0.2, 0.25) is 5.02 Å². The van der Waals surface area contributed by atoms with Gasteiger partial charge in [-0.1, -0.05) is 42.8 Å². The predicted molar refractivity (Wildman–Crippen MR) is 78.4 cm³/mol. The van der Waals surface area contributed by atoms with Crippen molar-refractivity contribution in [2.75, 3.05) is 11.9 Å². The van der Waals surface area contributed by atoms with E-state index in [-0.39, 0.29) is 0 Å². The van der Waals surface area contributed by atoms with Gasteiger partial charge in [0.2, 0.25) is 0 Å². The van der Waals surface area contributed by atoms with Crippen LogP contribution in [0.15, 0.2) is 23.2 Å². The Hall–Kier alpha value is -0.670. The zero-order valence-electron chi connectivity index (χ0n) is 10.2. The molecule has 0 saturated carbocycles. The molecule has 0 amide bonds. The number of nitrogens with zero attached hydrogens (tertiary/aromatic N) is 1. The second-order valence-corrected chi connectivity index (χ2v) is 5.98. The Morgan fingerprint density at radius 1 is 1.53 bits per heavy atom.